The maximum atomic E-state index is 12.6. The number of anilines is 2. The Morgan fingerprint density at radius 2 is 1.79 bits per heavy atom. The van der Waals surface area contributed by atoms with Crippen LogP contribution >= 0.6 is 0 Å². The van der Waals surface area contributed by atoms with Crippen molar-refractivity contribution in [2.24, 2.45) is 0 Å². The lowest BCUT2D eigenvalue weighted by atomic mass is 10.1. The summed E-state index contributed by atoms with van der Waals surface area (Å²) in [7, 11) is 0. The largest absolute Gasteiger partial charge is 0.448 e. The first-order chi connectivity index (χ1) is 14.2. The summed E-state index contributed by atoms with van der Waals surface area (Å²) in [6.07, 6.45) is 5.53. The molecule has 0 spiro atoms. The molecule has 0 radical (unpaired) electrons. The molecular formula is C21H24N6O2. The molecule has 2 fully saturated rings. The number of oxazole rings is 1. The lowest BCUT2D eigenvalue weighted by Crippen LogP contribution is -2.48. The van der Waals surface area contributed by atoms with Crippen LogP contribution in [0.25, 0.3) is 10.9 Å². The van der Waals surface area contributed by atoms with Crippen molar-refractivity contribution in [2.75, 3.05) is 49.1 Å². The zero-order valence-electron chi connectivity index (χ0n) is 16.5. The second-order valence-corrected chi connectivity index (χ2v) is 7.62. The highest BCUT2D eigenvalue weighted by Crippen LogP contribution is 2.30. The van der Waals surface area contributed by atoms with Gasteiger partial charge in [0.1, 0.15) is 18.4 Å². The summed E-state index contributed by atoms with van der Waals surface area (Å²) in [6.45, 7) is 6.73. The van der Waals surface area contributed by atoms with Crippen LogP contribution in [0.1, 0.15) is 29.2 Å². The Bertz CT molecular complexity index is 1030. The van der Waals surface area contributed by atoms with Gasteiger partial charge in [-0.15, -0.1) is 0 Å². The molecule has 29 heavy (non-hydrogen) atoms. The molecule has 1 amide bonds. The summed E-state index contributed by atoms with van der Waals surface area (Å²) in [5.74, 6) is 1.48. The quantitative estimate of drug-likeness (QED) is 0.677. The standard InChI is InChI=1S/C21H24N6O2/c1-15-24-19(13-29-15)21(28)27-10-8-25(9-11-27)16-4-5-18-17(12-16)20(23-14-22-18)26-6-2-3-7-26/h4-5,12-14H,2-3,6-11H2,1H3. The first-order valence-electron chi connectivity index (χ1n) is 10.1. The van der Waals surface area contributed by atoms with Crippen molar-refractivity contribution in [3.8, 4) is 0 Å². The monoisotopic (exact) mass is 392 g/mol. The number of rotatable bonds is 3. The second kappa shape index (κ2) is 7.35. The molecule has 2 aliphatic rings. The maximum absolute atomic E-state index is 12.6. The number of nitrogens with zero attached hydrogens (tertiary/aromatic N) is 6. The normalized spacial score (nSPS) is 17.3. The van der Waals surface area contributed by atoms with Crippen molar-refractivity contribution in [2.45, 2.75) is 19.8 Å². The molecule has 2 aromatic heterocycles. The van der Waals surface area contributed by atoms with E-state index in [1.54, 1.807) is 13.3 Å². The molecule has 2 saturated heterocycles. The Kier molecular flexibility index (Phi) is 4.54. The highest BCUT2D eigenvalue weighted by molar-refractivity contribution is 5.93. The van der Waals surface area contributed by atoms with E-state index in [0.717, 1.165) is 48.6 Å². The number of hydrogen-bond acceptors (Lipinski definition) is 7. The van der Waals surface area contributed by atoms with Crippen LogP contribution in [-0.2, 0) is 0 Å². The zero-order valence-corrected chi connectivity index (χ0v) is 16.5. The Hall–Kier alpha value is -3.16. The zero-order chi connectivity index (χ0) is 19.8. The molecule has 3 aromatic rings. The van der Waals surface area contributed by atoms with Gasteiger partial charge in [0.05, 0.1) is 5.52 Å². The van der Waals surface area contributed by atoms with Gasteiger partial charge >= 0.3 is 0 Å². The Balaban J connectivity index is 1.34. The lowest BCUT2D eigenvalue weighted by Gasteiger charge is -2.36. The molecule has 150 valence electrons. The van der Waals surface area contributed by atoms with E-state index < -0.39 is 0 Å². The third-order valence-corrected chi connectivity index (χ3v) is 5.77. The highest BCUT2D eigenvalue weighted by Gasteiger charge is 2.25. The van der Waals surface area contributed by atoms with Crippen molar-refractivity contribution < 1.29 is 9.21 Å². The van der Waals surface area contributed by atoms with Crippen molar-refractivity contribution >= 4 is 28.3 Å². The number of piperazine rings is 1. The molecule has 0 unspecified atom stereocenters. The van der Waals surface area contributed by atoms with Crippen molar-refractivity contribution in [1.29, 1.82) is 0 Å². The van der Waals surface area contributed by atoms with Crippen molar-refractivity contribution in [3.05, 3.63) is 42.4 Å². The van der Waals surface area contributed by atoms with Gasteiger partial charge in [0.25, 0.3) is 5.91 Å². The molecule has 0 atom stereocenters. The molecule has 8 heteroatoms. The summed E-state index contributed by atoms with van der Waals surface area (Å²) < 4.78 is 5.18. The number of benzene rings is 1. The minimum Gasteiger partial charge on any atom is -0.448 e. The summed E-state index contributed by atoms with van der Waals surface area (Å²) in [4.78, 5) is 32.3. The number of aryl methyl sites for hydroxylation is 1. The fourth-order valence-corrected chi connectivity index (χ4v) is 4.20. The predicted molar refractivity (Wildman–Crippen MR) is 110 cm³/mol. The fourth-order valence-electron chi connectivity index (χ4n) is 4.20. The minimum atomic E-state index is -0.0651. The average Bonchev–Trinajstić information content (AvgIpc) is 3.44. The molecule has 2 aliphatic heterocycles. The topological polar surface area (TPSA) is 78.6 Å². The van der Waals surface area contributed by atoms with Gasteiger partial charge in [-0.3, -0.25) is 4.79 Å². The van der Waals surface area contributed by atoms with E-state index >= 15 is 0 Å². The van der Waals surface area contributed by atoms with E-state index in [9.17, 15) is 4.79 Å². The molecular weight excluding hydrogens is 368 g/mol. The number of carbonyl (C=O) groups excluding carboxylic acids is 1. The van der Waals surface area contributed by atoms with E-state index in [0.29, 0.717) is 24.7 Å². The Labute approximate surface area is 169 Å². The first kappa shape index (κ1) is 17.9. The van der Waals surface area contributed by atoms with Crippen molar-refractivity contribution in [1.82, 2.24) is 19.9 Å². The smallest absolute Gasteiger partial charge is 0.275 e. The van der Waals surface area contributed by atoms with Crippen LogP contribution in [-0.4, -0.2) is 65.0 Å². The third kappa shape index (κ3) is 3.39. The van der Waals surface area contributed by atoms with E-state index in [1.165, 1.54) is 19.1 Å². The van der Waals surface area contributed by atoms with E-state index in [2.05, 4.69) is 43.0 Å². The Morgan fingerprint density at radius 3 is 2.52 bits per heavy atom. The minimum absolute atomic E-state index is 0.0651. The number of amides is 1. The van der Waals surface area contributed by atoms with Crippen LogP contribution in [0.15, 0.2) is 35.2 Å². The fraction of sp³-hybridized carbons (Fsp3) is 0.429. The van der Waals surface area contributed by atoms with Gasteiger partial charge in [-0.05, 0) is 31.0 Å². The maximum Gasteiger partial charge on any atom is 0.275 e. The van der Waals surface area contributed by atoms with Crippen LogP contribution in [0.2, 0.25) is 0 Å². The lowest BCUT2D eigenvalue weighted by molar-refractivity contribution is 0.0741. The van der Waals surface area contributed by atoms with Crippen LogP contribution in [0, 0.1) is 6.92 Å². The number of carbonyl (C=O) groups is 1. The second-order valence-electron chi connectivity index (χ2n) is 7.62. The molecule has 8 nitrogen and oxygen atoms in total. The number of hydrogen-bond donors (Lipinski definition) is 0. The third-order valence-electron chi connectivity index (χ3n) is 5.77. The van der Waals surface area contributed by atoms with Gasteiger partial charge in [0, 0.05) is 57.3 Å². The predicted octanol–water partition coefficient (Wildman–Crippen LogP) is 2.49. The van der Waals surface area contributed by atoms with E-state index in [1.807, 2.05) is 4.90 Å². The summed E-state index contributed by atoms with van der Waals surface area (Å²) >= 11 is 0. The van der Waals surface area contributed by atoms with Gasteiger partial charge in [-0.1, -0.05) is 0 Å². The highest BCUT2D eigenvalue weighted by atomic mass is 16.3. The molecule has 4 heterocycles. The molecule has 0 bridgehead atoms. The van der Waals surface area contributed by atoms with Crippen molar-refractivity contribution in [3.63, 3.8) is 0 Å². The average molecular weight is 392 g/mol. The molecule has 0 aliphatic carbocycles. The summed E-state index contributed by atoms with van der Waals surface area (Å²) in [5, 5.41) is 1.10. The van der Waals surface area contributed by atoms with Gasteiger partial charge in [-0.25, -0.2) is 15.0 Å². The van der Waals surface area contributed by atoms with Gasteiger partial charge in [0.15, 0.2) is 11.6 Å². The Morgan fingerprint density at radius 1 is 1.00 bits per heavy atom. The molecule has 0 N–H and O–H groups in total. The first-order valence-corrected chi connectivity index (χ1v) is 10.1. The molecule has 5 rings (SSSR count). The SMILES string of the molecule is Cc1nc(C(=O)N2CCN(c3ccc4ncnc(N5CCCC5)c4c3)CC2)co1. The van der Waals surface area contributed by atoms with E-state index in [-0.39, 0.29) is 5.91 Å². The summed E-state index contributed by atoms with van der Waals surface area (Å²) in [5.41, 5.74) is 2.51. The summed E-state index contributed by atoms with van der Waals surface area (Å²) in [6, 6.07) is 6.38. The van der Waals surface area contributed by atoms with Crippen LogP contribution in [0.4, 0.5) is 11.5 Å². The number of aromatic nitrogens is 3. The van der Waals surface area contributed by atoms with Gasteiger partial charge < -0.3 is 19.1 Å². The number of fused-ring (bicyclic) bond motifs is 1. The van der Waals surface area contributed by atoms with Gasteiger partial charge in [-0.2, -0.15) is 0 Å². The molecule has 1 aromatic carbocycles. The van der Waals surface area contributed by atoms with E-state index in [4.69, 9.17) is 4.42 Å². The molecule has 0 saturated carbocycles. The van der Waals surface area contributed by atoms with Crippen LogP contribution in [0.3, 0.4) is 0 Å². The van der Waals surface area contributed by atoms with Crippen LogP contribution in [0.5, 0.6) is 0 Å². The van der Waals surface area contributed by atoms with Gasteiger partial charge in [0.2, 0.25) is 0 Å². The van der Waals surface area contributed by atoms with Crippen LogP contribution < -0.4 is 9.80 Å².